The summed E-state index contributed by atoms with van der Waals surface area (Å²) in [6.07, 6.45) is 2.79. The molecule has 1 rings (SSSR count). The van der Waals surface area contributed by atoms with Crippen molar-refractivity contribution in [2.75, 3.05) is 40.3 Å². The molecule has 0 bridgehead atoms. The maximum atomic E-state index is 11.4. The third kappa shape index (κ3) is 4.75. The minimum Gasteiger partial charge on any atom is -0.480 e. The Balaban J connectivity index is 2.42. The highest BCUT2D eigenvalue weighted by Crippen LogP contribution is 2.17. The lowest BCUT2D eigenvalue weighted by atomic mass is 9.97. The molecule has 0 aromatic rings. The molecule has 0 radical (unpaired) electrons. The van der Waals surface area contributed by atoms with Crippen LogP contribution < -0.4 is 5.32 Å². The van der Waals surface area contributed by atoms with Crippen molar-refractivity contribution in [2.24, 2.45) is 0 Å². The van der Waals surface area contributed by atoms with Crippen molar-refractivity contribution >= 4 is 5.97 Å². The number of aliphatic carboxylic acids is 1. The molecule has 2 N–H and O–H groups in total. The second-order valence-electron chi connectivity index (χ2n) is 6.02. The second-order valence-corrected chi connectivity index (χ2v) is 6.02. The van der Waals surface area contributed by atoms with E-state index >= 15 is 0 Å². The van der Waals surface area contributed by atoms with Crippen LogP contribution in [0.5, 0.6) is 0 Å². The molecule has 2 unspecified atom stereocenters. The average Bonchev–Trinajstić information content (AvgIpc) is 2.82. The molecule has 1 saturated heterocycles. The highest BCUT2D eigenvalue weighted by molar-refractivity contribution is 5.78. The lowest BCUT2D eigenvalue weighted by Crippen LogP contribution is -2.51. The van der Waals surface area contributed by atoms with Crippen LogP contribution in [0.2, 0.25) is 0 Å². The number of carboxylic acids is 1. The molecule has 0 aromatic heterocycles. The summed E-state index contributed by atoms with van der Waals surface area (Å²) in [7, 11) is 4.22. The summed E-state index contributed by atoms with van der Waals surface area (Å²) >= 11 is 0. The van der Waals surface area contributed by atoms with Crippen LogP contribution >= 0.6 is 0 Å². The van der Waals surface area contributed by atoms with Gasteiger partial charge in [0.2, 0.25) is 0 Å². The van der Waals surface area contributed by atoms with Gasteiger partial charge in [0, 0.05) is 19.1 Å². The predicted molar refractivity (Wildman–Crippen MR) is 77.5 cm³/mol. The lowest BCUT2D eigenvalue weighted by Gasteiger charge is -2.29. The van der Waals surface area contributed by atoms with Gasteiger partial charge < -0.3 is 20.2 Å². The van der Waals surface area contributed by atoms with Gasteiger partial charge >= 0.3 is 5.97 Å². The van der Waals surface area contributed by atoms with E-state index in [4.69, 9.17) is 0 Å². The third-order valence-electron chi connectivity index (χ3n) is 4.14. The Bertz CT molecular complexity index is 296. The van der Waals surface area contributed by atoms with E-state index in [1.165, 1.54) is 6.42 Å². The molecule has 1 aliphatic heterocycles. The van der Waals surface area contributed by atoms with Crippen molar-refractivity contribution in [1.82, 2.24) is 15.1 Å². The van der Waals surface area contributed by atoms with Crippen LogP contribution in [-0.2, 0) is 4.79 Å². The zero-order valence-corrected chi connectivity index (χ0v) is 12.8. The number of rotatable bonds is 8. The van der Waals surface area contributed by atoms with Crippen molar-refractivity contribution < 1.29 is 9.90 Å². The summed E-state index contributed by atoms with van der Waals surface area (Å²) < 4.78 is 0. The summed E-state index contributed by atoms with van der Waals surface area (Å²) in [5, 5.41) is 12.6. The number of likely N-dealkylation sites (N-methyl/N-ethyl adjacent to an activating group) is 1. The predicted octanol–water partition coefficient (Wildman–Crippen LogP) is 0.855. The highest BCUT2D eigenvalue weighted by atomic mass is 16.4. The SMILES string of the molecule is CCCNC(C)(CCN1CCC(N(C)C)C1)C(=O)O. The molecule has 0 aromatic carbocycles. The van der Waals surface area contributed by atoms with Gasteiger partial charge in [-0.15, -0.1) is 0 Å². The van der Waals surface area contributed by atoms with Crippen LogP contribution in [0.3, 0.4) is 0 Å². The Morgan fingerprint density at radius 2 is 2.21 bits per heavy atom. The second kappa shape index (κ2) is 7.22. The fourth-order valence-corrected chi connectivity index (χ4v) is 2.49. The molecule has 5 nitrogen and oxygen atoms in total. The van der Waals surface area contributed by atoms with Crippen LogP contribution in [0.15, 0.2) is 0 Å². The molecule has 1 heterocycles. The topological polar surface area (TPSA) is 55.8 Å². The van der Waals surface area contributed by atoms with Crippen LogP contribution in [0.25, 0.3) is 0 Å². The van der Waals surface area contributed by atoms with Crippen LogP contribution in [0, 0.1) is 0 Å². The van der Waals surface area contributed by atoms with Gasteiger partial charge in [0.05, 0.1) is 0 Å². The largest absolute Gasteiger partial charge is 0.480 e. The first-order valence-electron chi connectivity index (χ1n) is 7.26. The molecule has 0 amide bonds. The van der Waals surface area contributed by atoms with Gasteiger partial charge in [-0.3, -0.25) is 4.79 Å². The molecule has 0 saturated carbocycles. The number of carboxylic acid groups (broad SMARTS) is 1. The van der Waals surface area contributed by atoms with Crippen LogP contribution in [-0.4, -0.2) is 72.7 Å². The van der Waals surface area contributed by atoms with Gasteiger partial charge in [-0.05, 0) is 53.4 Å². The zero-order valence-electron chi connectivity index (χ0n) is 12.8. The van der Waals surface area contributed by atoms with Gasteiger partial charge in [0.1, 0.15) is 5.54 Å². The normalized spacial score (nSPS) is 23.7. The Morgan fingerprint density at radius 3 is 2.68 bits per heavy atom. The molecule has 1 aliphatic rings. The number of nitrogens with zero attached hydrogens (tertiary/aromatic N) is 2. The molecule has 1 fully saturated rings. The minimum absolute atomic E-state index is 0.611. The molecule has 0 aliphatic carbocycles. The van der Waals surface area contributed by atoms with Gasteiger partial charge in [-0.25, -0.2) is 0 Å². The maximum absolute atomic E-state index is 11.4. The van der Waals surface area contributed by atoms with E-state index in [-0.39, 0.29) is 0 Å². The van der Waals surface area contributed by atoms with Gasteiger partial charge in [0.25, 0.3) is 0 Å². The first-order chi connectivity index (χ1) is 8.89. The van der Waals surface area contributed by atoms with Gasteiger partial charge in [-0.2, -0.15) is 0 Å². The minimum atomic E-state index is -0.799. The van der Waals surface area contributed by atoms with Gasteiger partial charge in [-0.1, -0.05) is 6.92 Å². The molecule has 5 heteroatoms. The molecule has 2 atom stereocenters. The first-order valence-corrected chi connectivity index (χ1v) is 7.26. The van der Waals surface area contributed by atoms with E-state index < -0.39 is 11.5 Å². The number of carbonyl (C=O) groups is 1. The number of likely N-dealkylation sites (tertiary alicyclic amines) is 1. The average molecular weight is 271 g/mol. The molecule has 19 heavy (non-hydrogen) atoms. The van der Waals surface area contributed by atoms with E-state index in [0.717, 1.165) is 32.6 Å². The Kier molecular flexibility index (Phi) is 6.23. The van der Waals surface area contributed by atoms with Crippen molar-refractivity contribution in [1.29, 1.82) is 0 Å². The van der Waals surface area contributed by atoms with E-state index in [2.05, 4.69) is 36.1 Å². The standard InChI is InChI=1S/C14H29N3O2/c1-5-8-15-14(2,13(18)19)7-10-17-9-6-12(11-17)16(3)4/h12,15H,5-11H2,1-4H3,(H,18,19). The summed E-state index contributed by atoms with van der Waals surface area (Å²) in [5.74, 6) is -0.746. The highest BCUT2D eigenvalue weighted by Gasteiger charge is 2.33. The molecular weight excluding hydrogens is 242 g/mol. The number of hydrogen-bond acceptors (Lipinski definition) is 4. The van der Waals surface area contributed by atoms with Crippen LogP contribution in [0.4, 0.5) is 0 Å². The van der Waals surface area contributed by atoms with E-state index in [1.54, 1.807) is 6.92 Å². The van der Waals surface area contributed by atoms with Crippen molar-refractivity contribution in [3.63, 3.8) is 0 Å². The van der Waals surface area contributed by atoms with E-state index in [0.29, 0.717) is 12.5 Å². The van der Waals surface area contributed by atoms with E-state index in [1.807, 2.05) is 0 Å². The number of nitrogens with one attached hydrogen (secondary N) is 1. The van der Waals surface area contributed by atoms with Gasteiger partial charge in [0.15, 0.2) is 0 Å². The Morgan fingerprint density at radius 1 is 1.53 bits per heavy atom. The molecule has 0 spiro atoms. The Labute approximate surface area is 117 Å². The monoisotopic (exact) mass is 271 g/mol. The summed E-state index contributed by atoms with van der Waals surface area (Å²) in [6.45, 7) is 7.58. The zero-order chi connectivity index (χ0) is 14.5. The summed E-state index contributed by atoms with van der Waals surface area (Å²) in [6, 6.07) is 0.611. The fraction of sp³-hybridized carbons (Fsp3) is 0.929. The van der Waals surface area contributed by atoms with Crippen molar-refractivity contribution in [3.8, 4) is 0 Å². The smallest absolute Gasteiger partial charge is 0.323 e. The molecular formula is C14H29N3O2. The van der Waals surface area contributed by atoms with Crippen LogP contribution in [0.1, 0.15) is 33.1 Å². The van der Waals surface area contributed by atoms with Crippen molar-refractivity contribution in [2.45, 2.75) is 44.7 Å². The maximum Gasteiger partial charge on any atom is 0.323 e. The summed E-state index contributed by atoms with van der Waals surface area (Å²) in [4.78, 5) is 16.0. The molecule has 112 valence electrons. The van der Waals surface area contributed by atoms with E-state index in [9.17, 15) is 9.90 Å². The lowest BCUT2D eigenvalue weighted by molar-refractivity contribution is -0.144. The van der Waals surface area contributed by atoms with Crippen molar-refractivity contribution in [3.05, 3.63) is 0 Å². The third-order valence-corrected chi connectivity index (χ3v) is 4.14. The summed E-state index contributed by atoms with van der Waals surface area (Å²) in [5.41, 5.74) is -0.799. The number of hydrogen-bond donors (Lipinski definition) is 2. The fourth-order valence-electron chi connectivity index (χ4n) is 2.49. The first kappa shape index (κ1) is 16.4. The Hall–Kier alpha value is -0.650. The quantitative estimate of drug-likeness (QED) is 0.685.